The summed E-state index contributed by atoms with van der Waals surface area (Å²) in [5.74, 6) is -0.608. The zero-order chi connectivity index (χ0) is 18.0. The molecule has 0 aliphatic carbocycles. The second kappa shape index (κ2) is 7.06. The zero-order valence-electron chi connectivity index (χ0n) is 13.6. The number of non-ortho nitro benzene ring substituents is 1. The van der Waals surface area contributed by atoms with E-state index < -0.39 is 14.9 Å². The number of rotatable bonds is 5. The summed E-state index contributed by atoms with van der Waals surface area (Å²) < 4.78 is 31.1. The molecule has 2 heterocycles. The van der Waals surface area contributed by atoms with Crippen molar-refractivity contribution in [1.29, 1.82) is 0 Å². The molecule has 0 unspecified atom stereocenters. The Morgan fingerprint density at radius 2 is 1.96 bits per heavy atom. The largest absolute Gasteiger partial charge is 0.379 e. The molecule has 1 saturated heterocycles. The Kier molecular flexibility index (Phi) is 5.02. The van der Waals surface area contributed by atoms with E-state index in [1.807, 2.05) is 0 Å². The normalized spacial score (nSPS) is 18.2. The number of ether oxygens (including phenoxy) is 1. The smallest absolute Gasteiger partial charge is 0.271 e. The lowest BCUT2D eigenvalue weighted by molar-refractivity contribution is -0.384. The minimum Gasteiger partial charge on any atom is -0.379 e. The number of carbonyl (C=O) groups excluding carboxylic acids is 1. The molecule has 1 aromatic carbocycles. The molecule has 1 amide bonds. The number of benzene rings is 1. The Balaban J connectivity index is 1.67. The molecule has 0 bridgehead atoms. The van der Waals surface area contributed by atoms with Crippen LogP contribution in [0.4, 0.5) is 11.4 Å². The summed E-state index contributed by atoms with van der Waals surface area (Å²) in [5.41, 5.74) is 1.28. The van der Waals surface area contributed by atoms with Crippen molar-refractivity contribution < 1.29 is 22.9 Å². The Bertz CT molecular complexity index is 788. The van der Waals surface area contributed by atoms with Crippen LogP contribution in [0.3, 0.4) is 0 Å². The number of anilines is 1. The van der Waals surface area contributed by atoms with E-state index in [-0.39, 0.29) is 23.8 Å². The van der Waals surface area contributed by atoms with E-state index in [4.69, 9.17) is 4.74 Å². The first-order chi connectivity index (χ1) is 11.9. The molecule has 9 nitrogen and oxygen atoms in total. The number of nitrogens with zero attached hydrogens (tertiary/aromatic N) is 3. The molecule has 0 aromatic heterocycles. The van der Waals surface area contributed by atoms with Crippen molar-refractivity contribution >= 4 is 27.3 Å². The predicted molar refractivity (Wildman–Crippen MR) is 89.9 cm³/mol. The van der Waals surface area contributed by atoms with Crippen LogP contribution in [0.1, 0.15) is 12.0 Å². The molecule has 1 aromatic rings. The van der Waals surface area contributed by atoms with E-state index in [1.165, 1.54) is 21.3 Å². The minimum absolute atomic E-state index is 0.0839. The summed E-state index contributed by atoms with van der Waals surface area (Å²) in [7, 11) is -3.51. The van der Waals surface area contributed by atoms with Crippen molar-refractivity contribution in [3.8, 4) is 0 Å². The summed E-state index contributed by atoms with van der Waals surface area (Å²) in [6, 6.07) is 4.43. The summed E-state index contributed by atoms with van der Waals surface area (Å²) in [6.45, 7) is 1.73. The van der Waals surface area contributed by atoms with Gasteiger partial charge in [0.2, 0.25) is 15.9 Å². The van der Waals surface area contributed by atoms with Crippen LogP contribution in [0.25, 0.3) is 0 Å². The summed E-state index contributed by atoms with van der Waals surface area (Å²) in [6.07, 6.45) is 0.455. The number of nitro benzene ring substituents is 1. The van der Waals surface area contributed by atoms with Crippen LogP contribution >= 0.6 is 0 Å². The van der Waals surface area contributed by atoms with Crippen molar-refractivity contribution in [2.45, 2.75) is 12.8 Å². The van der Waals surface area contributed by atoms with E-state index in [0.29, 0.717) is 45.0 Å². The van der Waals surface area contributed by atoms with Crippen molar-refractivity contribution in [2.24, 2.45) is 0 Å². The molecular formula is C15H19N3O6S. The topological polar surface area (TPSA) is 110 Å². The van der Waals surface area contributed by atoms with Crippen LogP contribution < -0.4 is 4.90 Å². The lowest BCUT2D eigenvalue weighted by Gasteiger charge is -2.26. The van der Waals surface area contributed by atoms with Crippen molar-refractivity contribution in [1.82, 2.24) is 4.31 Å². The van der Waals surface area contributed by atoms with Gasteiger partial charge in [0.1, 0.15) is 0 Å². The van der Waals surface area contributed by atoms with Gasteiger partial charge >= 0.3 is 0 Å². The fourth-order valence-corrected chi connectivity index (χ4v) is 4.44. The maximum atomic E-state index is 12.5. The number of morpholine rings is 1. The van der Waals surface area contributed by atoms with Gasteiger partial charge in [0.05, 0.1) is 29.6 Å². The highest BCUT2D eigenvalue weighted by atomic mass is 32.2. The first-order valence-electron chi connectivity index (χ1n) is 8.02. The average Bonchev–Trinajstić information content (AvgIpc) is 3.03. The molecule has 25 heavy (non-hydrogen) atoms. The summed E-state index contributed by atoms with van der Waals surface area (Å²) in [4.78, 5) is 24.3. The minimum atomic E-state index is -3.51. The molecular weight excluding hydrogens is 350 g/mol. The molecule has 1 fully saturated rings. The third-order valence-corrected chi connectivity index (χ3v) is 6.29. The first kappa shape index (κ1) is 17.8. The highest BCUT2D eigenvalue weighted by Gasteiger charge is 2.29. The molecule has 3 rings (SSSR count). The van der Waals surface area contributed by atoms with Crippen molar-refractivity contribution in [3.05, 3.63) is 33.9 Å². The second-order valence-corrected chi connectivity index (χ2v) is 8.03. The molecule has 0 N–H and O–H groups in total. The fraction of sp³-hybridized carbons (Fsp3) is 0.533. The number of hydrogen-bond acceptors (Lipinski definition) is 6. The molecule has 0 saturated carbocycles. The van der Waals surface area contributed by atoms with Crippen molar-refractivity contribution in [2.75, 3.05) is 43.5 Å². The van der Waals surface area contributed by atoms with E-state index in [2.05, 4.69) is 0 Å². The van der Waals surface area contributed by atoms with E-state index >= 15 is 0 Å². The quantitative estimate of drug-likeness (QED) is 0.553. The average molecular weight is 369 g/mol. The Labute approximate surface area is 145 Å². The highest BCUT2D eigenvalue weighted by Crippen LogP contribution is 2.32. The third-order valence-electron chi connectivity index (χ3n) is 4.41. The van der Waals surface area contributed by atoms with Gasteiger partial charge in [-0.1, -0.05) is 6.07 Å². The van der Waals surface area contributed by atoms with Crippen LogP contribution in [0.5, 0.6) is 0 Å². The molecule has 0 atom stereocenters. The summed E-state index contributed by atoms with van der Waals surface area (Å²) >= 11 is 0. The number of amides is 1. The molecule has 10 heteroatoms. The van der Waals surface area contributed by atoms with Crippen LogP contribution in [0.2, 0.25) is 0 Å². The van der Waals surface area contributed by atoms with Gasteiger partial charge in [-0.15, -0.1) is 0 Å². The van der Waals surface area contributed by atoms with Gasteiger partial charge in [-0.25, -0.2) is 8.42 Å². The lowest BCUT2D eigenvalue weighted by atomic mass is 10.1. The van der Waals surface area contributed by atoms with Crippen LogP contribution in [-0.4, -0.2) is 62.2 Å². The number of nitro groups is 1. The van der Waals surface area contributed by atoms with Gasteiger partial charge in [0, 0.05) is 38.2 Å². The maximum absolute atomic E-state index is 12.5. The highest BCUT2D eigenvalue weighted by molar-refractivity contribution is 7.89. The van der Waals surface area contributed by atoms with Crippen molar-refractivity contribution in [3.63, 3.8) is 0 Å². The van der Waals surface area contributed by atoms with Crippen LogP contribution in [0, 0.1) is 10.1 Å². The molecule has 2 aliphatic heterocycles. The number of fused-ring (bicyclic) bond motifs is 1. The molecule has 0 spiro atoms. The van der Waals surface area contributed by atoms with Gasteiger partial charge in [0.25, 0.3) is 5.69 Å². The number of sulfonamides is 1. The number of hydrogen-bond donors (Lipinski definition) is 0. The molecule has 0 radical (unpaired) electrons. The van der Waals surface area contributed by atoms with Gasteiger partial charge in [0.15, 0.2) is 0 Å². The third kappa shape index (κ3) is 3.80. The molecule has 2 aliphatic rings. The van der Waals surface area contributed by atoms with Gasteiger partial charge in [-0.3, -0.25) is 14.9 Å². The maximum Gasteiger partial charge on any atom is 0.271 e. The first-order valence-corrected chi connectivity index (χ1v) is 9.63. The van der Waals surface area contributed by atoms with Crippen LogP contribution in [0.15, 0.2) is 18.2 Å². The van der Waals surface area contributed by atoms with Crippen LogP contribution in [-0.2, 0) is 26.0 Å². The summed E-state index contributed by atoms with van der Waals surface area (Å²) in [5, 5.41) is 10.9. The Morgan fingerprint density at radius 1 is 1.24 bits per heavy atom. The van der Waals surface area contributed by atoms with E-state index in [1.54, 1.807) is 6.07 Å². The SMILES string of the molecule is O=C(CCS(=O)(=O)N1CCOCC1)N1CCc2ccc([N+](=O)[O-])cc21. The van der Waals surface area contributed by atoms with Gasteiger partial charge in [-0.05, 0) is 12.0 Å². The molecule has 136 valence electrons. The predicted octanol–water partition coefficient (Wildman–Crippen LogP) is 0.536. The second-order valence-electron chi connectivity index (χ2n) is 5.94. The lowest BCUT2D eigenvalue weighted by Crippen LogP contribution is -2.42. The Morgan fingerprint density at radius 3 is 2.64 bits per heavy atom. The fourth-order valence-electron chi connectivity index (χ4n) is 3.05. The Hall–Kier alpha value is -2.04. The standard InChI is InChI=1S/C15H19N3O6S/c19-15(4-10-25(22,23)16-6-8-24-9-7-16)17-5-3-12-1-2-13(18(20)21)11-14(12)17/h1-2,11H,3-10H2. The number of carbonyl (C=O) groups is 1. The van der Waals surface area contributed by atoms with E-state index in [0.717, 1.165) is 5.56 Å². The van der Waals surface area contributed by atoms with Gasteiger partial charge in [-0.2, -0.15) is 4.31 Å². The van der Waals surface area contributed by atoms with Gasteiger partial charge < -0.3 is 9.64 Å². The zero-order valence-corrected chi connectivity index (χ0v) is 14.4. The monoisotopic (exact) mass is 369 g/mol. The van der Waals surface area contributed by atoms with E-state index in [9.17, 15) is 23.3 Å².